The van der Waals surface area contributed by atoms with Crippen molar-refractivity contribution in [3.05, 3.63) is 29.3 Å². The maximum Gasteiger partial charge on any atom is 0.252 e. The van der Waals surface area contributed by atoms with E-state index in [9.17, 15) is 4.79 Å². The number of anilines is 1. The van der Waals surface area contributed by atoms with E-state index in [1.807, 2.05) is 4.90 Å². The normalized spacial score (nSPS) is 21.7. The Kier molecular flexibility index (Phi) is 3.66. The second kappa shape index (κ2) is 5.19. The molecule has 0 N–H and O–H groups in total. The minimum Gasteiger partial charge on any atom is -0.305 e. The smallest absolute Gasteiger partial charge is 0.252 e. The van der Waals surface area contributed by atoms with Crippen LogP contribution >= 0.6 is 0 Å². The highest BCUT2D eigenvalue weighted by atomic mass is 16.2. The molecule has 0 fully saturated rings. The minimum atomic E-state index is -0.324. The zero-order valence-electron chi connectivity index (χ0n) is 15.2. The molecule has 2 aliphatic rings. The molecule has 0 radical (unpaired) electrons. The molecular formula is C20H28N2O. The third-order valence-electron chi connectivity index (χ3n) is 4.75. The molecule has 0 spiro atoms. The van der Waals surface area contributed by atoms with Crippen LogP contribution in [-0.2, 0) is 11.2 Å². The van der Waals surface area contributed by atoms with Crippen LogP contribution in [0.15, 0.2) is 23.2 Å². The van der Waals surface area contributed by atoms with Crippen molar-refractivity contribution in [3.8, 4) is 0 Å². The zero-order valence-corrected chi connectivity index (χ0v) is 15.2. The Labute approximate surface area is 139 Å². The Morgan fingerprint density at radius 3 is 2.39 bits per heavy atom. The monoisotopic (exact) mass is 312 g/mol. The van der Waals surface area contributed by atoms with Crippen molar-refractivity contribution in [1.82, 2.24) is 0 Å². The molecular weight excluding hydrogens is 284 g/mol. The van der Waals surface area contributed by atoms with Crippen molar-refractivity contribution in [2.45, 2.75) is 72.4 Å². The molecule has 1 aromatic carbocycles. The van der Waals surface area contributed by atoms with Gasteiger partial charge in [0.1, 0.15) is 6.04 Å². The van der Waals surface area contributed by atoms with Crippen molar-refractivity contribution in [2.75, 3.05) is 4.90 Å². The van der Waals surface area contributed by atoms with E-state index in [1.54, 1.807) is 0 Å². The number of aliphatic imine (C=N–C) groups is 1. The van der Waals surface area contributed by atoms with Gasteiger partial charge in [-0.15, -0.1) is 0 Å². The average Bonchev–Trinajstić information content (AvgIpc) is 2.54. The van der Waals surface area contributed by atoms with Crippen LogP contribution in [0, 0.1) is 5.41 Å². The first-order chi connectivity index (χ1) is 10.6. The number of nitrogens with zero attached hydrogens (tertiary/aromatic N) is 2. The first-order valence-corrected chi connectivity index (χ1v) is 8.64. The van der Waals surface area contributed by atoms with E-state index < -0.39 is 0 Å². The van der Waals surface area contributed by atoms with E-state index in [0.29, 0.717) is 0 Å². The van der Waals surface area contributed by atoms with Gasteiger partial charge in [-0.1, -0.05) is 32.9 Å². The predicted molar refractivity (Wildman–Crippen MR) is 96.4 cm³/mol. The van der Waals surface area contributed by atoms with Gasteiger partial charge in [0.25, 0.3) is 5.91 Å². The number of hydrogen-bond donors (Lipinski definition) is 0. The Morgan fingerprint density at radius 1 is 1.09 bits per heavy atom. The van der Waals surface area contributed by atoms with E-state index >= 15 is 0 Å². The van der Waals surface area contributed by atoms with Crippen molar-refractivity contribution < 1.29 is 4.79 Å². The highest BCUT2D eigenvalue weighted by Crippen LogP contribution is 2.39. The second-order valence-corrected chi connectivity index (χ2v) is 8.85. The number of rotatable bonds is 0. The first kappa shape index (κ1) is 16.2. The number of hydrogen-bond acceptors (Lipinski definition) is 2. The van der Waals surface area contributed by atoms with E-state index in [2.05, 4.69) is 59.7 Å². The maximum atomic E-state index is 13.4. The molecule has 3 rings (SSSR count). The summed E-state index contributed by atoms with van der Waals surface area (Å²) >= 11 is 0. The van der Waals surface area contributed by atoms with Gasteiger partial charge in [0.15, 0.2) is 0 Å². The van der Waals surface area contributed by atoms with Gasteiger partial charge in [-0.25, -0.2) is 0 Å². The van der Waals surface area contributed by atoms with Gasteiger partial charge in [-0.2, -0.15) is 0 Å². The number of aryl methyl sites for hydroxylation is 1. The second-order valence-electron chi connectivity index (χ2n) is 8.85. The lowest BCUT2D eigenvalue weighted by atomic mass is 9.85. The van der Waals surface area contributed by atoms with Crippen LogP contribution < -0.4 is 4.90 Å². The van der Waals surface area contributed by atoms with Gasteiger partial charge in [-0.05, 0) is 57.1 Å². The van der Waals surface area contributed by atoms with Crippen LogP contribution in [0.5, 0.6) is 0 Å². The summed E-state index contributed by atoms with van der Waals surface area (Å²) in [5.41, 5.74) is 4.27. The standard InChI is InChI=1S/C20H28N2O/c1-19(2,3)17-18(23)22(20(4,5)6)15-12-8-10-13-9-7-11-14(21-17)16(13)15/h8,10,12,17H,7,9,11H2,1-6H3. The fraction of sp³-hybridized carbons (Fsp3) is 0.600. The summed E-state index contributed by atoms with van der Waals surface area (Å²) in [5.74, 6) is 0.125. The lowest BCUT2D eigenvalue weighted by molar-refractivity contribution is -0.122. The maximum absolute atomic E-state index is 13.4. The highest BCUT2D eigenvalue weighted by molar-refractivity contribution is 6.14. The third-order valence-corrected chi connectivity index (χ3v) is 4.75. The summed E-state index contributed by atoms with van der Waals surface area (Å²) in [6.45, 7) is 12.7. The average molecular weight is 312 g/mol. The molecule has 1 atom stereocenters. The Bertz CT molecular complexity index is 674. The van der Waals surface area contributed by atoms with Crippen LogP contribution in [0.25, 0.3) is 0 Å². The molecule has 23 heavy (non-hydrogen) atoms. The molecule has 0 saturated heterocycles. The van der Waals surface area contributed by atoms with Crippen LogP contribution in [0.3, 0.4) is 0 Å². The summed E-state index contributed by atoms with van der Waals surface area (Å²) in [7, 11) is 0. The minimum absolute atomic E-state index is 0.125. The quantitative estimate of drug-likeness (QED) is 0.700. The first-order valence-electron chi connectivity index (χ1n) is 8.64. The largest absolute Gasteiger partial charge is 0.305 e. The SMILES string of the molecule is CC(C)(C)C1N=C2CCCc3cccc(c32)N(C(C)(C)C)C1=O. The van der Waals surface area contributed by atoms with Crippen LogP contribution in [0.1, 0.15) is 65.5 Å². The van der Waals surface area contributed by atoms with Gasteiger partial charge in [0.05, 0.1) is 5.69 Å². The van der Waals surface area contributed by atoms with Gasteiger partial charge in [-0.3, -0.25) is 9.79 Å². The lowest BCUT2D eigenvalue weighted by Gasteiger charge is -2.39. The fourth-order valence-electron chi connectivity index (χ4n) is 3.72. The van der Waals surface area contributed by atoms with Gasteiger partial charge in [0, 0.05) is 16.8 Å². The number of benzene rings is 1. The van der Waals surface area contributed by atoms with Crippen molar-refractivity contribution in [3.63, 3.8) is 0 Å². The number of carbonyl (C=O) groups is 1. The van der Waals surface area contributed by atoms with E-state index in [-0.39, 0.29) is 22.9 Å². The molecule has 1 aliphatic carbocycles. The van der Waals surface area contributed by atoms with E-state index in [0.717, 1.165) is 30.7 Å². The number of amides is 1. The highest BCUT2D eigenvalue weighted by Gasteiger charge is 2.42. The van der Waals surface area contributed by atoms with Gasteiger partial charge >= 0.3 is 0 Å². The van der Waals surface area contributed by atoms with Crippen molar-refractivity contribution >= 4 is 17.3 Å². The molecule has 1 unspecified atom stereocenters. The molecule has 3 heteroatoms. The molecule has 0 saturated carbocycles. The van der Waals surface area contributed by atoms with E-state index in [4.69, 9.17) is 4.99 Å². The van der Waals surface area contributed by atoms with Gasteiger partial charge < -0.3 is 4.90 Å². The fourth-order valence-corrected chi connectivity index (χ4v) is 3.72. The third kappa shape index (κ3) is 2.71. The lowest BCUT2D eigenvalue weighted by Crippen LogP contribution is -2.52. The molecule has 1 amide bonds. The Hall–Kier alpha value is -1.64. The predicted octanol–water partition coefficient (Wildman–Crippen LogP) is 4.37. The summed E-state index contributed by atoms with van der Waals surface area (Å²) in [6.07, 6.45) is 3.17. The zero-order chi connectivity index (χ0) is 17.0. The summed E-state index contributed by atoms with van der Waals surface area (Å²) in [6, 6.07) is 6.04. The molecule has 1 heterocycles. The topological polar surface area (TPSA) is 32.7 Å². The van der Waals surface area contributed by atoms with E-state index in [1.165, 1.54) is 11.1 Å². The van der Waals surface area contributed by atoms with Crippen molar-refractivity contribution in [1.29, 1.82) is 0 Å². The molecule has 3 nitrogen and oxygen atoms in total. The Morgan fingerprint density at radius 2 is 1.78 bits per heavy atom. The molecule has 0 bridgehead atoms. The summed E-state index contributed by atoms with van der Waals surface area (Å²) in [4.78, 5) is 20.4. The van der Waals surface area contributed by atoms with Crippen LogP contribution in [-0.4, -0.2) is 23.2 Å². The Balaban J connectivity index is 2.30. The van der Waals surface area contributed by atoms with Crippen LogP contribution in [0.4, 0.5) is 5.69 Å². The van der Waals surface area contributed by atoms with Gasteiger partial charge in [0.2, 0.25) is 0 Å². The van der Waals surface area contributed by atoms with Crippen LogP contribution in [0.2, 0.25) is 0 Å². The molecule has 1 aromatic rings. The number of carbonyl (C=O) groups excluding carboxylic acids is 1. The molecule has 1 aliphatic heterocycles. The summed E-state index contributed by atoms with van der Waals surface area (Å²) < 4.78 is 0. The summed E-state index contributed by atoms with van der Waals surface area (Å²) in [5, 5.41) is 0. The van der Waals surface area contributed by atoms with Crippen molar-refractivity contribution in [2.24, 2.45) is 10.4 Å². The molecule has 124 valence electrons. The molecule has 0 aromatic heterocycles.